The molecule has 1 amide bonds. The molecule has 0 aliphatic heterocycles. The highest BCUT2D eigenvalue weighted by Gasteiger charge is 2.50. The highest BCUT2D eigenvalue weighted by molar-refractivity contribution is 5.82. The van der Waals surface area contributed by atoms with E-state index in [9.17, 15) is 4.79 Å². The van der Waals surface area contributed by atoms with Gasteiger partial charge < -0.3 is 5.32 Å². The third-order valence-electron chi connectivity index (χ3n) is 2.33. The van der Waals surface area contributed by atoms with Gasteiger partial charge in [0.1, 0.15) is 0 Å². The first-order valence-electron chi connectivity index (χ1n) is 4.54. The lowest BCUT2D eigenvalue weighted by Gasteiger charge is -2.20. The van der Waals surface area contributed by atoms with Crippen molar-refractivity contribution in [2.75, 3.05) is 0 Å². The van der Waals surface area contributed by atoms with E-state index in [1.54, 1.807) is 0 Å². The molecule has 2 nitrogen and oxygen atoms in total. The van der Waals surface area contributed by atoms with E-state index in [1.165, 1.54) is 0 Å². The summed E-state index contributed by atoms with van der Waals surface area (Å²) in [6, 6.07) is 0. The molecular formula is C10H19NO. The van der Waals surface area contributed by atoms with Crippen molar-refractivity contribution in [3.05, 3.63) is 0 Å². The molecule has 1 rings (SSSR count). The van der Waals surface area contributed by atoms with Crippen LogP contribution >= 0.6 is 0 Å². The standard InChI is InChI=1S/C10H19NO/c1-9(2,3)11-8(12)7-6-10(7,4)5/h7H,6H2,1-5H3,(H,11,12)/t7-/m0/s1. The minimum Gasteiger partial charge on any atom is -0.351 e. The topological polar surface area (TPSA) is 29.1 Å². The zero-order valence-electron chi connectivity index (χ0n) is 8.69. The summed E-state index contributed by atoms with van der Waals surface area (Å²) in [4.78, 5) is 11.5. The molecule has 0 aromatic heterocycles. The zero-order chi connectivity index (χ0) is 9.57. The van der Waals surface area contributed by atoms with Gasteiger partial charge in [0.15, 0.2) is 0 Å². The smallest absolute Gasteiger partial charge is 0.224 e. The summed E-state index contributed by atoms with van der Waals surface area (Å²) in [6.07, 6.45) is 1.04. The lowest BCUT2D eigenvalue weighted by Crippen LogP contribution is -2.42. The lowest BCUT2D eigenvalue weighted by atomic mass is 10.1. The molecule has 0 saturated heterocycles. The second-order valence-corrected chi connectivity index (χ2v) is 5.48. The molecule has 70 valence electrons. The Balaban J connectivity index is 2.42. The maximum Gasteiger partial charge on any atom is 0.224 e. The summed E-state index contributed by atoms with van der Waals surface area (Å²) < 4.78 is 0. The fraction of sp³-hybridized carbons (Fsp3) is 0.900. The molecule has 0 aromatic carbocycles. The van der Waals surface area contributed by atoms with E-state index in [0.29, 0.717) is 0 Å². The van der Waals surface area contributed by atoms with Gasteiger partial charge in [0, 0.05) is 11.5 Å². The number of hydrogen-bond acceptors (Lipinski definition) is 1. The Bertz CT molecular complexity index is 200. The zero-order valence-corrected chi connectivity index (χ0v) is 8.69. The van der Waals surface area contributed by atoms with Crippen LogP contribution in [0, 0.1) is 11.3 Å². The molecule has 0 unspecified atom stereocenters. The van der Waals surface area contributed by atoms with E-state index in [4.69, 9.17) is 0 Å². The van der Waals surface area contributed by atoms with Gasteiger partial charge in [0.2, 0.25) is 5.91 Å². The van der Waals surface area contributed by atoms with E-state index in [2.05, 4.69) is 19.2 Å². The largest absolute Gasteiger partial charge is 0.351 e. The van der Waals surface area contributed by atoms with Crippen molar-refractivity contribution in [3.63, 3.8) is 0 Å². The van der Waals surface area contributed by atoms with Crippen LogP contribution < -0.4 is 5.32 Å². The van der Waals surface area contributed by atoms with Crippen LogP contribution in [0.1, 0.15) is 41.0 Å². The number of hydrogen-bond donors (Lipinski definition) is 1. The normalized spacial score (nSPS) is 26.6. The monoisotopic (exact) mass is 169 g/mol. The van der Waals surface area contributed by atoms with Crippen molar-refractivity contribution >= 4 is 5.91 Å². The molecular weight excluding hydrogens is 150 g/mol. The highest BCUT2D eigenvalue weighted by Crippen LogP contribution is 2.51. The maximum absolute atomic E-state index is 11.5. The van der Waals surface area contributed by atoms with E-state index in [0.717, 1.165) is 6.42 Å². The summed E-state index contributed by atoms with van der Waals surface area (Å²) in [7, 11) is 0. The molecule has 2 heteroatoms. The Morgan fingerprint density at radius 1 is 1.42 bits per heavy atom. The molecule has 0 heterocycles. The summed E-state index contributed by atoms with van der Waals surface area (Å²) in [5.74, 6) is 0.462. The first kappa shape index (κ1) is 9.56. The van der Waals surface area contributed by atoms with Crippen LogP contribution in [-0.2, 0) is 4.79 Å². The number of amides is 1. The van der Waals surface area contributed by atoms with Crippen LogP contribution in [0.5, 0.6) is 0 Å². The van der Waals surface area contributed by atoms with E-state index in [-0.39, 0.29) is 22.8 Å². The van der Waals surface area contributed by atoms with Crippen LogP contribution in [0.25, 0.3) is 0 Å². The first-order chi connectivity index (χ1) is 5.22. The predicted molar refractivity (Wildman–Crippen MR) is 49.8 cm³/mol. The quantitative estimate of drug-likeness (QED) is 0.638. The van der Waals surface area contributed by atoms with Crippen LogP contribution in [-0.4, -0.2) is 11.4 Å². The van der Waals surface area contributed by atoms with Gasteiger partial charge in [-0.2, -0.15) is 0 Å². The van der Waals surface area contributed by atoms with Gasteiger partial charge in [0.25, 0.3) is 0 Å². The third-order valence-corrected chi connectivity index (χ3v) is 2.33. The van der Waals surface area contributed by atoms with E-state index >= 15 is 0 Å². The molecule has 1 aliphatic carbocycles. The second-order valence-electron chi connectivity index (χ2n) is 5.48. The van der Waals surface area contributed by atoms with Gasteiger partial charge in [-0.1, -0.05) is 13.8 Å². The van der Waals surface area contributed by atoms with Gasteiger partial charge in [-0.25, -0.2) is 0 Å². The summed E-state index contributed by atoms with van der Waals surface area (Å²) in [6.45, 7) is 10.3. The van der Waals surface area contributed by atoms with Crippen LogP contribution in [0.2, 0.25) is 0 Å². The van der Waals surface area contributed by atoms with Crippen molar-refractivity contribution in [3.8, 4) is 0 Å². The minimum atomic E-state index is -0.0875. The number of nitrogens with one attached hydrogen (secondary N) is 1. The van der Waals surface area contributed by atoms with Crippen LogP contribution in [0.4, 0.5) is 0 Å². The molecule has 1 N–H and O–H groups in total. The Hall–Kier alpha value is -0.530. The van der Waals surface area contributed by atoms with Crippen molar-refractivity contribution in [2.45, 2.75) is 46.6 Å². The number of rotatable bonds is 1. The van der Waals surface area contributed by atoms with Crippen molar-refractivity contribution in [1.82, 2.24) is 5.32 Å². The fourth-order valence-electron chi connectivity index (χ4n) is 1.37. The molecule has 0 radical (unpaired) electrons. The Kier molecular flexibility index (Phi) is 1.97. The molecule has 12 heavy (non-hydrogen) atoms. The molecule has 0 spiro atoms. The molecule has 1 atom stereocenters. The van der Waals surface area contributed by atoms with Gasteiger partial charge >= 0.3 is 0 Å². The van der Waals surface area contributed by atoms with Crippen molar-refractivity contribution < 1.29 is 4.79 Å². The van der Waals surface area contributed by atoms with E-state index in [1.807, 2.05) is 20.8 Å². The summed E-state index contributed by atoms with van der Waals surface area (Å²) >= 11 is 0. The summed E-state index contributed by atoms with van der Waals surface area (Å²) in [5.41, 5.74) is 0.158. The predicted octanol–water partition coefficient (Wildman–Crippen LogP) is 1.95. The summed E-state index contributed by atoms with van der Waals surface area (Å²) in [5, 5.41) is 3.00. The Labute approximate surface area is 74.7 Å². The molecule has 1 saturated carbocycles. The van der Waals surface area contributed by atoms with Gasteiger partial charge in [0.05, 0.1) is 0 Å². The van der Waals surface area contributed by atoms with E-state index < -0.39 is 0 Å². The highest BCUT2D eigenvalue weighted by atomic mass is 16.2. The molecule has 0 bridgehead atoms. The number of carbonyl (C=O) groups is 1. The Morgan fingerprint density at radius 3 is 2.08 bits per heavy atom. The van der Waals surface area contributed by atoms with Crippen molar-refractivity contribution in [2.24, 2.45) is 11.3 Å². The van der Waals surface area contributed by atoms with Gasteiger partial charge in [-0.3, -0.25) is 4.79 Å². The van der Waals surface area contributed by atoms with Gasteiger partial charge in [-0.05, 0) is 32.6 Å². The third kappa shape index (κ3) is 2.23. The molecule has 1 aliphatic rings. The first-order valence-corrected chi connectivity index (χ1v) is 4.54. The lowest BCUT2D eigenvalue weighted by molar-refractivity contribution is -0.124. The molecule has 0 aromatic rings. The second kappa shape index (κ2) is 2.48. The minimum absolute atomic E-state index is 0.0875. The van der Waals surface area contributed by atoms with Crippen molar-refractivity contribution in [1.29, 1.82) is 0 Å². The van der Waals surface area contributed by atoms with Gasteiger partial charge in [-0.15, -0.1) is 0 Å². The fourth-order valence-corrected chi connectivity index (χ4v) is 1.37. The maximum atomic E-state index is 11.5. The average molecular weight is 169 g/mol. The number of carbonyl (C=O) groups excluding carboxylic acids is 1. The molecule has 1 fully saturated rings. The van der Waals surface area contributed by atoms with Crippen LogP contribution in [0.15, 0.2) is 0 Å². The van der Waals surface area contributed by atoms with Crippen LogP contribution in [0.3, 0.4) is 0 Å². The SMILES string of the molecule is CC(C)(C)NC(=O)[C@@H]1CC1(C)C. The Morgan fingerprint density at radius 2 is 1.83 bits per heavy atom. The average Bonchev–Trinajstić information content (AvgIpc) is 2.35.